The molecular weight excluding hydrogens is 396 g/mol. The van der Waals surface area contributed by atoms with E-state index in [1.807, 2.05) is 50.3 Å². The van der Waals surface area contributed by atoms with E-state index in [9.17, 15) is 4.79 Å². The smallest absolute Gasteiger partial charge is 0.246 e. The molecule has 0 saturated carbocycles. The highest BCUT2D eigenvalue weighted by atomic mass is 32.1. The molecular formula is C24H26N2O3S. The molecule has 3 aromatic rings. The third kappa shape index (κ3) is 4.05. The molecule has 30 heavy (non-hydrogen) atoms. The average Bonchev–Trinajstić information content (AvgIpc) is 3.33. The standard InChI is InChI=1S/C24H26N2O3S/c1-5-28-20-14-18-12-15(2)29-21(18)13-17(20)10-11-23(27)26(4)16(3)24-25-19-8-6-7-9-22(19)30-24/h6-11,13-16H,5,12H2,1-4H3/b11-10+/t15-,16+/m1/s1. The van der Waals surface area contributed by atoms with E-state index in [-0.39, 0.29) is 18.1 Å². The van der Waals surface area contributed by atoms with Crippen LogP contribution >= 0.6 is 11.3 Å². The van der Waals surface area contributed by atoms with Gasteiger partial charge in [0, 0.05) is 30.7 Å². The summed E-state index contributed by atoms with van der Waals surface area (Å²) < 4.78 is 12.8. The van der Waals surface area contributed by atoms with Crippen LogP contribution in [0.15, 0.2) is 42.5 Å². The Bertz CT molecular complexity index is 1070. The minimum Gasteiger partial charge on any atom is -0.493 e. The van der Waals surface area contributed by atoms with E-state index < -0.39 is 0 Å². The number of carbonyl (C=O) groups is 1. The van der Waals surface area contributed by atoms with Gasteiger partial charge in [0.05, 0.1) is 22.9 Å². The monoisotopic (exact) mass is 422 g/mol. The predicted molar refractivity (Wildman–Crippen MR) is 121 cm³/mol. The van der Waals surface area contributed by atoms with Crippen molar-refractivity contribution >= 4 is 33.5 Å². The van der Waals surface area contributed by atoms with E-state index in [1.165, 1.54) is 0 Å². The van der Waals surface area contributed by atoms with Crippen molar-refractivity contribution in [3.05, 3.63) is 58.6 Å². The second kappa shape index (κ2) is 8.48. The number of thiazole rings is 1. The number of benzene rings is 2. The minimum atomic E-state index is -0.116. The summed E-state index contributed by atoms with van der Waals surface area (Å²) in [6, 6.07) is 11.9. The Morgan fingerprint density at radius 1 is 1.40 bits per heavy atom. The van der Waals surface area contributed by atoms with Crippen LogP contribution < -0.4 is 9.47 Å². The first kappa shape index (κ1) is 20.4. The van der Waals surface area contributed by atoms with E-state index in [2.05, 4.69) is 18.0 Å². The molecule has 0 aliphatic carbocycles. The molecule has 2 aromatic carbocycles. The van der Waals surface area contributed by atoms with Crippen LogP contribution in [-0.4, -0.2) is 35.5 Å². The molecule has 0 unspecified atom stereocenters. The van der Waals surface area contributed by atoms with Gasteiger partial charge in [0.1, 0.15) is 22.6 Å². The zero-order valence-corrected chi connectivity index (χ0v) is 18.5. The third-order valence-corrected chi connectivity index (χ3v) is 6.54. The molecule has 5 nitrogen and oxygen atoms in total. The fraction of sp³-hybridized carbons (Fsp3) is 0.333. The summed E-state index contributed by atoms with van der Waals surface area (Å²) in [5.74, 6) is 1.56. The molecule has 0 N–H and O–H groups in total. The van der Waals surface area contributed by atoms with Crippen LogP contribution in [0.25, 0.3) is 16.3 Å². The maximum absolute atomic E-state index is 12.8. The first-order valence-corrected chi connectivity index (χ1v) is 11.0. The molecule has 2 heterocycles. The zero-order chi connectivity index (χ0) is 21.3. The van der Waals surface area contributed by atoms with Crippen LogP contribution in [0.4, 0.5) is 0 Å². The summed E-state index contributed by atoms with van der Waals surface area (Å²) in [6.07, 6.45) is 4.44. The number of para-hydroxylation sites is 1. The second-order valence-corrected chi connectivity index (χ2v) is 8.60. The third-order valence-electron chi connectivity index (χ3n) is 5.33. The van der Waals surface area contributed by atoms with Gasteiger partial charge < -0.3 is 14.4 Å². The predicted octanol–water partition coefficient (Wildman–Crippen LogP) is 5.25. The molecule has 1 amide bonds. The van der Waals surface area contributed by atoms with Crippen molar-refractivity contribution in [2.45, 2.75) is 39.3 Å². The van der Waals surface area contributed by atoms with Gasteiger partial charge in [0.15, 0.2) is 0 Å². The Hall–Kier alpha value is -2.86. The van der Waals surface area contributed by atoms with Gasteiger partial charge in [0.25, 0.3) is 0 Å². The van der Waals surface area contributed by atoms with Crippen LogP contribution in [-0.2, 0) is 11.2 Å². The molecule has 0 bridgehead atoms. The Morgan fingerprint density at radius 3 is 2.97 bits per heavy atom. The van der Waals surface area contributed by atoms with Crippen molar-refractivity contribution in [3.8, 4) is 11.5 Å². The van der Waals surface area contributed by atoms with Crippen molar-refractivity contribution in [1.29, 1.82) is 0 Å². The van der Waals surface area contributed by atoms with E-state index in [0.717, 1.165) is 44.3 Å². The number of nitrogens with zero attached hydrogens (tertiary/aromatic N) is 2. The van der Waals surface area contributed by atoms with Gasteiger partial charge in [-0.15, -0.1) is 11.3 Å². The summed E-state index contributed by atoms with van der Waals surface area (Å²) in [6.45, 7) is 6.58. The fourth-order valence-electron chi connectivity index (χ4n) is 3.57. The van der Waals surface area contributed by atoms with Gasteiger partial charge in [-0.05, 0) is 51.1 Å². The number of hydrogen-bond donors (Lipinski definition) is 0. The van der Waals surface area contributed by atoms with Crippen LogP contribution in [0.5, 0.6) is 11.5 Å². The number of likely N-dealkylation sites (N-methyl/N-ethyl adjacent to an activating group) is 1. The SMILES string of the molecule is CCOc1cc2c(cc1/C=C/C(=O)N(C)[C@@H](C)c1nc3ccccc3s1)O[C@H](C)C2. The Kier molecular flexibility index (Phi) is 5.77. The topological polar surface area (TPSA) is 51.7 Å². The van der Waals surface area contributed by atoms with Crippen molar-refractivity contribution in [1.82, 2.24) is 9.88 Å². The van der Waals surface area contributed by atoms with Crippen LogP contribution in [0.3, 0.4) is 0 Å². The van der Waals surface area contributed by atoms with Gasteiger partial charge in [0.2, 0.25) is 5.91 Å². The number of ether oxygens (including phenoxy) is 2. The molecule has 1 aliphatic heterocycles. The van der Waals surface area contributed by atoms with Crippen LogP contribution in [0.2, 0.25) is 0 Å². The number of carbonyl (C=O) groups excluding carboxylic acids is 1. The summed E-state index contributed by atoms with van der Waals surface area (Å²) in [7, 11) is 1.81. The highest BCUT2D eigenvalue weighted by Crippen LogP contribution is 2.36. The van der Waals surface area contributed by atoms with Crippen LogP contribution in [0, 0.1) is 0 Å². The molecule has 4 rings (SSSR count). The van der Waals surface area contributed by atoms with Crippen molar-refractivity contribution in [2.75, 3.05) is 13.7 Å². The summed E-state index contributed by atoms with van der Waals surface area (Å²) in [5.41, 5.74) is 2.96. The molecule has 1 aromatic heterocycles. The largest absolute Gasteiger partial charge is 0.493 e. The van der Waals surface area contributed by atoms with E-state index in [4.69, 9.17) is 9.47 Å². The van der Waals surface area contributed by atoms with E-state index >= 15 is 0 Å². The molecule has 1 aliphatic rings. The lowest BCUT2D eigenvalue weighted by Gasteiger charge is -2.21. The van der Waals surface area contributed by atoms with Crippen molar-refractivity contribution in [2.24, 2.45) is 0 Å². The number of rotatable bonds is 6. The lowest BCUT2D eigenvalue weighted by molar-refractivity contribution is -0.126. The van der Waals surface area contributed by atoms with Gasteiger partial charge >= 0.3 is 0 Å². The fourth-order valence-corrected chi connectivity index (χ4v) is 4.63. The summed E-state index contributed by atoms with van der Waals surface area (Å²) >= 11 is 1.62. The second-order valence-electron chi connectivity index (χ2n) is 7.54. The highest BCUT2D eigenvalue weighted by Gasteiger charge is 2.22. The quantitative estimate of drug-likeness (QED) is 0.509. The number of hydrogen-bond acceptors (Lipinski definition) is 5. The van der Waals surface area contributed by atoms with E-state index in [0.29, 0.717) is 6.61 Å². The molecule has 0 fully saturated rings. The lowest BCUT2D eigenvalue weighted by atomic mass is 10.1. The van der Waals surface area contributed by atoms with Gasteiger partial charge in [-0.2, -0.15) is 0 Å². The van der Waals surface area contributed by atoms with Crippen molar-refractivity contribution < 1.29 is 14.3 Å². The number of aromatic nitrogens is 1. The number of amides is 1. The highest BCUT2D eigenvalue weighted by molar-refractivity contribution is 7.18. The molecule has 2 atom stereocenters. The average molecular weight is 423 g/mol. The Labute approximate surface area is 180 Å². The summed E-state index contributed by atoms with van der Waals surface area (Å²) in [5, 5.41) is 0.926. The number of fused-ring (bicyclic) bond motifs is 2. The molecule has 0 saturated heterocycles. The van der Waals surface area contributed by atoms with E-state index in [1.54, 1.807) is 29.4 Å². The van der Waals surface area contributed by atoms with Crippen molar-refractivity contribution in [3.63, 3.8) is 0 Å². The summed E-state index contributed by atoms with van der Waals surface area (Å²) in [4.78, 5) is 19.2. The lowest BCUT2D eigenvalue weighted by Crippen LogP contribution is -2.27. The minimum absolute atomic E-state index is 0.0843. The molecule has 0 radical (unpaired) electrons. The van der Waals surface area contributed by atoms with Gasteiger partial charge in [-0.25, -0.2) is 4.98 Å². The molecule has 156 valence electrons. The Morgan fingerprint density at radius 2 is 2.20 bits per heavy atom. The first-order chi connectivity index (χ1) is 14.5. The van der Waals surface area contributed by atoms with Gasteiger partial charge in [-0.3, -0.25) is 4.79 Å². The van der Waals surface area contributed by atoms with Crippen LogP contribution in [0.1, 0.15) is 42.9 Å². The maximum atomic E-state index is 12.8. The van der Waals surface area contributed by atoms with Gasteiger partial charge in [-0.1, -0.05) is 12.1 Å². The Balaban J connectivity index is 1.53. The maximum Gasteiger partial charge on any atom is 0.246 e. The normalized spacial score (nSPS) is 16.5. The first-order valence-electron chi connectivity index (χ1n) is 10.2. The zero-order valence-electron chi connectivity index (χ0n) is 17.7. The molecule has 0 spiro atoms. The molecule has 6 heteroatoms.